The zero-order valence-electron chi connectivity index (χ0n) is 12.2. The van der Waals surface area contributed by atoms with Crippen molar-refractivity contribution in [3.63, 3.8) is 0 Å². The average molecular weight is 251 g/mol. The standard InChI is InChI=1S/C17H20BO/c1-12-10-13(2)15(4)17(14(12)3)11-19-18-16-8-6-5-7-9-16/h5-10H,11H2,1-4H3. The molecule has 19 heavy (non-hydrogen) atoms. The Balaban J connectivity index is 2.08. The van der Waals surface area contributed by atoms with Gasteiger partial charge in [0.1, 0.15) is 0 Å². The molecule has 0 bridgehead atoms. The minimum Gasteiger partial charge on any atom is -0.430 e. The van der Waals surface area contributed by atoms with Gasteiger partial charge in [-0.05, 0) is 55.5 Å². The van der Waals surface area contributed by atoms with Crippen molar-refractivity contribution in [2.75, 3.05) is 0 Å². The van der Waals surface area contributed by atoms with Gasteiger partial charge in [0.2, 0.25) is 0 Å². The van der Waals surface area contributed by atoms with E-state index in [0.29, 0.717) is 6.61 Å². The molecule has 2 aromatic rings. The van der Waals surface area contributed by atoms with Gasteiger partial charge in [-0.3, -0.25) is 0 Å². The molecule has 0 heterocycles. The van der Waals surface area contributed by atoms with E-state index in [2.05, 4.69) is 33.8 Å². The fourth-order valence-electron chi connectivity index (χ4n) is 2.27. The van der Waals surface area contributed by atoms with E-state index in [1.807, 2.05) is 37.8 Å². The van der Waals surface area contributed by atoms with E-state index in [1.54, 1.807) is 0 Å². The van der Waals surface area contributed by atoms with E-state index in [-0.39, 0.29) is 0 Å². The average Bonchev–Trinajstić information content (AvgIpc) is 2.42. The molecule has 2 aromatic carbocycles. The van der Waals surface area contributed by atoms with Crippen LogP contribution in [0.4, 0.5) is 0 Å². The van der Waals surface area contributed by atoms with E-state index < -0.39 is 0 Å². The lowest BCUT2D eigenvalue weighted by atomic mass is 9.88. The lowest BCUT2D eigenvalue weighted by Gasteiger charge is -2.15. The first-order chi connectivity index (χ1) is 9.09. The molecule has 0 atom stereocenters. The highest BCUT2D eigenvalue weighted by molar-refractivity contribution is 6.46. The van der Waals surface area contributed by atoms with E-state index in [0.717, 1.165) is 5.46 Å². The zero-order chi connectivity index (χ0) is 13.8. The summed E-state index contributed by atoms with van der Waals surface area (Å²) in [5.41, 5.74) is 7.75. The second-order valence-corrected chi connectivity index (χ2v) is 5.08. The highest BCUT2D eigenvalue weighted by Crippen LogP contribution is 2.22. The molecular formula is C17H20BO. The molecule has 97 valence electrons. The van der Waals surface area contributed by atoms with Crippen LogP contribution < -0.4 is 5.46 Å². The molecule has 0 aliphatic rings. The highest BCUT2D eigenvalue weighted by Gasteiger charge is 2.08. The molecule has 0 fully saturated rings. The predicted molar refractivity (Wildman–Crippen MR) is 82.0 cm³/mol. The van der Waals surface area contributed by atoms with Crippen molar-refractivity contribution in [3.8, 4) is 0 Å². The van der Waals surface area contributed by atoms with Crippen LogP contribution in [0, 0.1) is 27.7 Å². The van der Waals surface area contributed by atoms with Crippen LogP contribution in [0.1, 0.15) is 27.8 Å². The molecule has 0 aromatic heterocycles. The van der Waals surface area contributed by atoms with Crippen molar-refractivity contribution in [1.29, 1.82) is 0 Å². The van der Waals surface area contributed by atoms with Gasteiger partial charge in [-0.2, -0.15) is 0 Å². The Morgan fingerprint density at radius 1 is 0.895 bits per heavy atom. The molecule has 2 heteroatoms. The molecular weight excluding hydrogens is 231 g/mol. The lowest BCUT2D eigenvalue weighted by Crippen LogP contribution is -2.17. The third kappa shape index (κ3) is 3.27. The molecule has 1 nitrogen and oxygen atoms in total. The normalized spacial score (nSPS) is 10.5. The van der Waals surface area contributed by atoms with Gasteiger partial charge in [-0.15, -0.1) is 0 Å². The number of hydrogen-bond donors (Lipinski definition) is 0. The Morgan fingerprint density at radius 3 is 2.05 bits per heavy atom. The minimum atomic E-state index is 0.634. The Labute approximate surface area is 116 Å². The fourth-order valence-corrected chi connectivity index (χ4v) is 2.27. The van der Waals surface area contributed by atoms with Gasteiger partial charge in [-0.25, -0.2) is 0 Å². The van der Waals surface area contributed by atoms with Gasteiger partial charge in [0.15, 0.2) is 0 Å². The van der Waals surface area contributed by atoms with Crippen LogP contribution in [0.2, 0.25) is 0 Å². The summed E-state index contributed by atoms with van der Waals surface area (Å²) in [6.07, 6.45) is 0. The van der Waals surface area contributed by atoms with Crippen LogP contribution in [0.25, 0.3) is 0 Å². The molecule has 0 spiro atoms. The maximum absolute atomic E-state index is 5.75. The number of benzene rings is 2. The Bertz CT molecular complexity index is 535. The van der Waals surface area contributed by atoms with Crippen molar-refractivity contribution < 1.29 is 4.65 Å². The summed E-state index contributed by atoms with van der Waals surface area (Å²) in [6.45, 7) is 9.29. The third-order valence-electron chi connectivity index (χ3n) is 3.77. The first-order valence-electron chi connectivity index (χ1n) is 6.65. The van der Waals surface area contributed by atoms with Crippen molar-refractivity contribution >= 4 is 12.9 Å². The topological polar surface area (TPSA) is 9.23 Å². The van der Waals surface area contributed by atoms with E-state index in [4.69, 9.17) is 4.65 Å². The summed E-state index contributed by atoms with van der Waals surface area (Å²) in [6, 6.07) is 12.4. The molecule has 1 radical (unpaired) electrons. The first-order valence-corrected chi connectivity index (χ1v) is 6.65. The Kier molecular flexibility index (Phi) is 4.44. The number of rotatable bonds is 4. The molecule has 0 aliphatic heterocycles. The second kappa shape index (κ2) is 6.07. The first kappa shape index (κ1) is 13.9. The second-order valence-electron chi connectivity index (χ2n) is 5.08. The quantitative estimate of drug-likeness (QED) is 0.757. The van der Waals surface area contributed by atoms with Crippen molar-refractivity contribution in [1.82, 2.24) is 0 Å². The minimum absolute atomic E-state index is 0.634. The van der Waals surface area contributed by atoms with Crippen molar-refractivity contribution in [2.24, 2.45) is 0 Å². The SMILES string of the molecule is Cc1cc(C)c(C)c(CO[B]c2ccccc2)c1C. The maximum Gasteiger partial charge on any atom is 0.330 e. The smallest absolute Gasteiger partial charge is 0.330 e. The lowest BCUT2D eigenvalue weighted by molar-refractivity contribution is 0.328. The van der Waals surface area contributed by atoms with Gasteiger partial charge in [0, 0.05) is 0 Å². The van der Waals surface area contributed by atoms with Crippen LogP contribution in [0.15, 0.2) is 36.4 Å². The van der Waals surface area contributed by atoms with Crippen LogP contribution >= 0.6 is 0 Å². The van der Waals surface area contributed by atoms with Gasteiger partial charge in [0.25, 0.3) is 0 Å². The number of aryl methyl sites for hydroxylation is 2. The molecule has 0 amide bonds. The summed E-state index contributed by atoms with van der Waals surface area (Å²) in [7, 11) is 1.83. The van der Waals surface area contributed by atoms with Gasteiger partial charge >= 0.3 is 7.48 Å². The van der Waals surface area contributed by atoms with Crippen LogP contribution in [-0.2, 0) is 11.3 Å². The van der Waals surface area contributed by atoms with Crippen LogP contribution in [0.5, 0.6) is 0 Å². The van der Waals surface area contributed by atoms with Crippen molar-refractivity contribution in [2.45, 2.75) is 34.3 Å². The summed E-state index contributed by atoms with van der Waals surface area (Å²) in [5, 5.41) is 0. The largest absolute Gasteiger partial charge is 0.430 e. The molecule has 0 saturated carbocycles. The van der Waals surface area contributed by atoms with Crippen LogP contribution in [-0.4, -0.2) is 7.48 Å². The third-order valence-corrected chi connectivity index (χ3v) is 3.77. The maximum atomic E-state index is 5.75. The molecule has 2 rings (SSSR count). The van der Waals surface area contributed by atoms with Gasteiger partial charge in [0.05, 0.1) is 6.61 Å². The molecule has 0 N–H and O–H groups in total. The fraction of sp³-hybridized carbons (Fsp3) is 0.294. The summed E-state index contributed by atoms with van der Waals surface area (Å²) in [5.74, 6) is 0. The summed E-state index contributed by atoms with van der Waals surface area (Å²) >= 11 is 0. The Hall–Kier alpha value is -1.54. The van der Waals surface area contributed by atoms with Crippen molar-refractivity contribution in [3.05, 3.63) is 64.2 Å². The molecule has 0 aliphatic carbocycles. The number of hydrogen-bond acceptors (Lipinski definition) is 1. The van der Waals surface area contributed by atoms with E-state index >= 15 is 0 Å². The molecule has 0 unspecified atom stereocenters. The van der Waals surface area contributed by atoms with Gasteiger partial charge < -0.3 is 4.65 Å². The van der Waals surface area contributed by atoms with E-state index in [1.165, 1.54) is 27.8 Å². The monoisotopic (exact) mass is 251 g/mol. The Morgan fingerprint density at radius 2 is 1.47 bits per heavy atom. The van der Waals surface area contributed by atoms with Gasteiger partial charge in [-0.1, -0.05) is 41.9 Å². The highest BCUT2D eigenvalue weighted by atomic mass is 16.4. The zero-order valence-corrected chi connectivity index (χ0v) is 12.2. The summed E-state index contributed by atoms with van der Waals surface area (Å²) < 4.78 is 5.75. The summed E-state index contributed by atoms with van der Waals surface area (Å²) in [4.78, 5) is 0. The molecule has 0 saturated heterocycles. The van der Waals surface area contributed by atoms with E-state index in [9.17, 15) is 0 Å². The van der Waals surface area contributed by atoms with Crippen LogP contribution in [0.3, 0.4) is 0 Å². The predicted octanol–water partition coefficient (Wildman–Crippen LogP) is 3.38.